The molecule has 2 rings (SSSR count). The Bertz CT molecular complexity index is 828. The van der Waals surface area contributed by atoms with E-state index in [0.717, 1.165) is 6.42 Å². The molecule has 0 unspecified atom stereocenters. The van der Waals surface area contributed by atoms with Crippen LogP contribution in [-0.2, 0) is 16.4 Å². The molecule has 0 aliphatic rings. The summed E-state index contributed by atoms with van der Waals surface area (Å²) in [6, 6.07) is 13.4. The van der Waals surface area contributed by atoms with E-state index in [-0.39, 0.29) is 22.9 Å². The van der Waals surface area contributed by atoms with Crippen LogP contribution in [0.1, 0.15) is 22.8 Å². The van der Waals surface area contributed by atoms with Crippen LogP contribution in [0.25, 0.3) is 0 Å². The summed E-state index contributed by atoms with van der Waals surface area (Å²) in [5, 5.41) is 2.76. The van der Waals surface area contributed by atoms with Gasteiger partial charge in [0.2, 0.25) is 10.0 Å². The molecule has 2 aromatic rings. The normalized spacial score (nSPS) is 11.0. The molecule has 6 heteroatoms. The second-order valence-corrected chi connectivity index (χ2v) is 6.94. The number of carbonyl (C=O) groups excluding carboxylic acids is 1. The number of sulfonamides is 1. The Hall–Kier alpha value is -2.44. The quantitative estimate of drug-likeness (QED) is 0.758. The number of carbonyl (C=O) groups is 1. The van der Waals surface area contributed by atoms with Crippen molar-refractivity contribution in [1.29, 1.82) is 0 Å². The van der Waals surface area contributed by atoms with E-state index < -0.39 is 10.0 Å². The van der Waals surface area contributed by atoms with Crippen molar-refractivity contribution >= 4 is 21.6 Å². The zero-order valence-corrected chi connectivity index (χ0v) is 14.3. The fourth-order valence-electron chi connectivity index (χ4n) is 2.08. The van der Waals surface area contributed by atoms with E-state index >= 15 is 0 Å². The summed E-state index contributed by atoms with van der Waals surface area (Å²) in [7, 11) is -3.66. The van der Waals surface area contributed by atoms with E-state index in [1.54, 1.807) is 6.07 Å². The lowest BCUT2D eigenvalue weighted by atomic mass is 10.1. The van der Waals surface area contributed by atoms with Crippen molar-refractivity contribution in [2.45, 2.75) is 18.2 Å². The molecule has 0 aliphatic heterocycles. The van der Waals surface area contributed by atoms with Gasteiger partial charge in [-0.25, -0.2) is 13.1 Å². The molecule has 0 fully saturated rings. The van der Waals surface area contributed by atoms with Crippen LogP contribution in [0, 0.1) is 0 Å². The number of amides is 1. The number of rotatable bonds is 7. The number of nitrogens with one attached hydrogen (secondary N) is 2. The minimum absolute atomic E-state index is 0.0401. The SMILES string of the molecule is C=CCNS(=O)(=O)c1cccc(C(=O)Nc2ccc(CC)cc2)c1. The molecule has 0 atom stereocenters. The van der Waals surface area contributed by atoms with Crippen LogP contribution in [0.4, 0.5) is 5.69 Å². The summed E-state index contributed by atoms with van der Waals surface area (Å²) in [4.78, 5) is 12.4. The third-order valence-corrected chi connectivity index (χ3v) is 4.87. The van der Waals surface area contributed by atoms with Gasteiger partial charge in [0.1, 0.15) is 0 Å². The van der Waals surface area contributed by atoms with E-state index in [9.17, 15) is 13.2 Å². The van der Waals surface area contributed by atoms with E-state index in [0.29, 0.717) is 5.69 Å². The summed E-state index contributed by atoms with van der Waals surface area (Å²) in [6.07, 6.45) is 2.37. The van der Waals surface area contributed by atoms with E-state index in [1.165, 1.54) is 29.8 Å². The largest absolute Gasteiger partial charge is 0.322 e. The Morgan fingerprint density at radius 3 is 2.50 bits per heavy atom. The molecule has 0 saturated carbocycles. The van der Waals surface area contributed by atoms with Gasteiger partial charge >= 0.3 is 0 Å². The highest BCUT2D eigenvalue weighted by molar-refractivity contribution is 7.89. The highest BCUT2D eigenvalue weighted by atomic mass is 32.2. The molecular weight excluding hydrogens is 324 g/mol. The van der Waals surface area contributed by atoms with E-state index in [4.69, 9.17) is 0 Å². The van der Waals surface area contributed by atoms with Crippen LogP contribution >= 0.6 is 0 Å². The van der Waals surface area contributed by atoms with Gasteiger partial charge in [-0.3, -0.25) is 4.79 Å². The van der Waals surface area contributed by atoms with Crippen molar-refractivity contribution in [2.24, 2.45) is 0 Å². The molecule has 2 N–H and O–H groups in total. The van der Waals surface area contributed by atoms with Gasteiger partial charge in [0, 0.05) is 17.8 Å². The molecule has 0 bridgehead atoms. The summed E-state index contributed by atoms with van der Waals surface area (Å²) in [6.45, 7) is 5.65. The van der Waals surface area contributed by atoms with Gasteiger partial charge in [-0.1, -0.05) is 31.2 Å². The van der Waals surface area contributed by atoms with E-state index in [1.807, 2.05) is 24.3 Å². The van der Waals surface area contributed by atoms with Crippen molar-refractivity contribution in [3.05, 3.63) is 72.3 Å². The predicted molar refractivity (Wildman–Crippen MR) is 95.6 cm³/mol. The second kappa shape index (κ2) is 7.90. The van der Waals surface area contributed by atoms with Crippen LogP contribution in [0.15, 0.2) is 66.1 Å². The Labute approximate surface area is 142 Å². The maximum absolute atomic E-state index is 12.3. The van der Waals surface area contributed by atoms with Gasteiger partial charge in [0.15, 0.2) is 0 Å². The average molecular weight is 344 g/mol. The maximum atomic E-state index is 12.3. The highest BCUT2D eigenvalue weighted by Gasteiger charge is 2.15. The van der Waals surface area contributed by atoms with Crippen molar-refractivity contribution in [1.82, 2.24) is 4.72 Å². The number of anilines is 1. The molecule has 0 saturated heterocycles. The zero-order chi connectivity index (χ0) is 17.6. The lowest BCUT2D eigenvalue weighted by Gasteiger charge is -2.08. The predicted octanol–water partition coefficient (Wildman–Crippen LogP) is 2.97. The number of hydrogen-bond acceptors (Lipinski definition) is 3. The smallest absolute Gasteiger partial charge is 0.255 e. The Morgan fingerprint density at radius 1 is 1.17 bits per heavy atom. The minimum Gasteiger partial charge on any atom is -0.322 e. The first-order valence-corrected chi connectivity index (χ1v) is 9.05. The molecular formula is C18H20N2O3S. The van der Waals surface area contributed by atoms with Crippen LogP contribution in [-0.4, -0.2) is 20.9 Å². The topological polar surface area (TPSA) is 75.3 Å². The van der Waals surface area contributed by atoms with Gasteiger partial charge < -0.3 is 5.32 Å². The van der Waals surface area contributed by atoms with Crippen LogP contribution in [0.5, 0.6) is 0 Å². The number of aryl methyl sites for hydroxylation is 1. The van der Waals surface area contributed by atoms with Crippen LogP contribution in [0.3, 0.4) is 0 Å². The molecule has 2 aromatic carbocycles. The first kappa shape index (κ1) is 17.9. The molecule has 0 radical (unpaired) electrons. The van der Waals surface area contributed by atoms with Gasteiger partial charge in [0.25, 0.3) is 5.91 Å². The van der Waals surface area contributed by atoms with Crippen molar-refractivity contribution < 1.29 is 13.2 Å². The van der Waals surface area contributed by atoms with Gasteiger partial charge in [-0.2, -0.15) is 0 Å². The lowest BCUT2D eigenvalue weighted by Crippen LogP contribution is -2.24. The minimum atomic E-state index is -3.66. The van der Waals surface area contributed by atoms with Crippen molar-refractivity contribution in [3.8, 4) is 0 Å². The van der Waals surface area contributed by atoms with Crippen molar-refractivity contribution in [3.63, 3.8) is 0 Å². The molecule has 5 nitrogen and oxygen atoms in total. The molecule has 0 heterocycles. The zero-order valence-electron chi connectivity index (χ0n) is 13.5. The molecule has 0 aliphatic carbocycles. The second-order valence-electron chi connectivity index (χ2n) is 5.17. The molecule has 0 aromatic heterocycles. The maximum Gasteiger partial charge on any atom is 0.255 e. The molecule has 24 heavy (non-hydrogen) atoms. The van der Waals surface area contributed by atoms with Crippen molar-refractivity contribution in [2.75, 3.05) is 11.9 Å². The van der Waals surface area contributed by atoms with Gasteiger partial charge in [-0.15, -0.1) is 6.58 Å². The average Bonchev–Trinajstić information content (AvgIpc) is 2.61. The van der Waals surface area contributed by atoms with Crippen LogP contribution in [0.2, 0.25) is 0 Å². The standard InChI is InChI=1S/C18H20N2O3S/c1-3-12-19-24(22,23)17-7-5-6-15(13-17)18(21)20-16-10-8-14(4-2)9-11-16/h3,5-11,13,19H,1,4,12H2,2H3,(H,20,21). The first-order chi connectivity index (χ1) is 11.5. The number of benzene rings is 2. The van der Waals surface area contributed by atoms with E-state index in [2.05, 4.69) is 23.5 Å². The number of hydrogen-bond donors (Lipinski definition) is 2. The summed E-state index contributed by atoms with van der Waals surface area (Å²) >= 11 is 0. The van der Waals surface area contributed by atoms with Crippen LogP contribution < -0.4 is 10.0 Å². The molecule has 0 spiro atoms. The fourth-order valence-corrected chi connectivity index (χ4v) is 3.13. The summed E-state index contributed by atoms with van der Waals surface area (Å²) in [5.74, 6) is -0.361. The van der Waals surface area contributed by atoms with Gasteiger partial charge in [0.05, 0.1) is 4.90 Å². The third-order valence-electron chi connectivity index (χ3n) is 3.44. The third kappa shape index (κ3) is 4.53. The summed E-state index contributed by atoms with van der Waals surface area (Å²) < 4.78 is 26.6. The van der Waals surface area contributed by atoms with Gasteiger partial charge in [-0.05, 0) is 42.3 Å². The lowest BCUT2D eigenvalue weighted by molar-refractivity contribution is 0.102. The monoisotopic (exact) mass is 344 g/mol. The first-order valence-electron chi connectivity index (χ1n) is 7.57. The molecule has 126 valence electrons. The highest BCUT2D eigenvalue weighted by Crippen LogP contribution is 2.15. The Balaban J connectivity index is 2.17. The fraction of sp³-hybridized carbons (Fsp3) is 0.167. The Morgan fingerprint density at radius 2 is 1.88 bits per heavy atom. The Kier molecular flexibility index (Phi) is 5.89. The molecule has 1 amide bonds. The summed E-state index contributed by atoms with van der Waals surface area (Å²) in [5.41, 5.74) is 2.11.